The van der Waals surface area contributed by atoms with Crippen LogP contribution in [0.15, 0.2) is 97.6 Å². The molecule has 1 atom stereocenters. The number of hydrogen-bond acceptors (Lipinski definition) is 12. The number of hydrogen-bond donors (Lipinski definition) is 3. The third-order valence-corrected chi connectivity index (χ3v) is 10.6. The van der Waals surface area contributed by atoms with Gasteiger partial charge in [0.2, 0.25) is 0 Å². The van der Waals surface area contributed by atoms with Crippen LogP contribution in [0.4, 0.5) is 0 Å². The predicted octanol–water partition coefficient (Wildman–Crippen LogP) is 9.49. The number of carbonyl (C=O) groups is 2. The monoisotopic (exact) mass is 901 g/mol. The standard InChI is InChI=1S/C45H37Cl2N5O5.C4H8O3/c1-27-34(25-56-44-14-42(36(18-50)12-40(44)46)54-23-32-10-30(16-48)19-51-21-32)6-4-8-37(27)38-9-5-7-35(28(38)2)26-57-45-15-43(39(29(3)53)13-41(45)47)55-24-33-11-31(17-49)20-52-22-33;1-3(2-5)4(6)7/h4-15,19-22H,18,23-26,50H2,1-3H3;3,5H,2H2,1H3,(H,6,7). The summed E-state index contributed by atoms with van der Waals surface area (Å²) in [4.78, 5) is 30.4. The minimum atomic E-state index is -0.956. The minimum absolute atomic E-state index is 0.0933. The molecule has 328 valence electrons. The highest BCUT2D eigenvalue weighted by Crippen LogP contribution is 2.37. The lowest BCUT2D eigenvalue weighted by Gasteiger charge is -2.18. The molecule has 0 aliphatic heterocycles. The summed E-state index contributed by atoms with van der Waals surface area (Å²) in [7, 11) is 0. The lowest BCUT2D eigenvalue weighted by Crippen LogP contribution is -2.12. The summed E-state index contributed by atoms with van der Waals surface area (Å²) in [6, 6.07) is 26.3. The smallest absolute Gasteiger partial charge is 0.308 e. The molecule has 15 heteroatoms. The quantitative estimate of drug-likeness (QED) is 0.0729. The number of carboxylic acids is 1. The van der Waals surface area contributed by atoms with Crippen LogP contribution < -0.4 is 24.7 Å². The van der Waals surface area contributed by atoms with Crippen molar-refractivity contribution in [2.75, 3.05) is 6.61 Å². The normalized spacial score (nSPS) is 11.0. The maximum Gasteiger partial charge on any atom is 0.308 e. The number of aliphatic hydroxyl groups excluding tert-OH is 1. The topological polar surface area (TPSA) is 211 Å². The van der Waals surface area contributed by atoms with Crippen molar-refractivity contribution >= 4 is 35.0 Å². The van der Waals surface area contributed by atoms with Crippen molar-refractivity contribution in [3.8, 4) is 46.3 Å². The third-order valence-electron chi connectivity index (χ3n) is 10.0. The average Bonchev–Trinajstić information content (AvgIpc) is 3.30. The highest BCUT2D eigenvalue weighted by atomic mass is 35.5. The summed E-state index contributed by atoms with van der Waals surface area (Å²) in [5, 5.41) is 35.3. The van der Waals surface area contributed by atoms with E-state index in [1.54, 1.807) is 48.8 Å². The second-order valence-electron chi connectivity index (χ2n) is 14.6. The van der Waals surface area contributed by atoms with E-state index in [9.17, 15) is 20.1 Å². The molecule has 0 bridgehead atoms. The summed E-state index contributed by atoms with van der Waals surface area (Å²) in [5.74, 6) is -0.154. The van der Waals surface area contributed by atoms with Gasteiger partial charge in [-0.1, -0.05) is 59.6 Å². The first kappa shape index (κ1) is 48.0. The summed E-state index contributed by atoms with van der Waals surface area (Å²) < 4.78 is 24.6. The van der Waals surface area contributed by atoms with Crippen LogP contribution in [0.25, 0.3) is 11.1 Å². The van der Waals surface area contributed by atoms with Gasteiger partial charge in [0, 0.05) is 60.2 Å². The van der Waals surface area contributed by atoms with Crippen LogP contribution in [-0.4, -0.2) is 38.5 Å². The largest absolute Gasteiger partial charge is 0.488 e. The molecule has 0 saturated heterocycles. The van der Waals surface area contributed by atoms with Crippen molar-refractivity contribution in [2.45, 2.75) is 60.7 Å². The number of ketones is 1. The molecule has 0 amide bonds. The van der Waals surface area contributed by atoms with Gasteiger partial charge in [-0.05, 0) is 85.3 Å². The van der Waals surface area contributed by atoms with Crippen molar-refractivity contribution < 1.29 is 38.7 Å². The summed E-state index contributed by atoms with van der Waals surface area (Å²) in [6.07, 6.45) is 6.21. The van der Waals surface area contributed by atoms with Crippen LogP contribution >= 0.6 is 23.2 Å². The first-order valence-electron chi connectivity index (χ1n) is 19.8. The molecule has 6 aromatic rings. The van der Waals surface area contributed by atoms with Crippen molar-refractivity contribution in [3.63, 3.8) is 0 Å². The van der Waals surface area contributed by atoms with Gasteiger partial charge in [0.05, 0.1) is 39.3 Å². The first-order chi connectivity index (χ1) is 30.8. The number of nitriles is 2. The van der Waals surface area contributed by atoms with E-state index >= 15 is 0 Å². The fraction of sp³-hybridized carbons (Fsp3) is 0.224. The molecule has 2 heterocycles. The molecule has 4 aromatic carbocycles. The Balaban J connectivity index is 0.00000102. The highest BCUT2D eigenvalue weighted by molar-refractivity contribution is 6.32. The van der Waals surface area contributed by atoms with Gasteiger partial charge in [0.25, 0.3) is 0 Å². The number of aromatic nitrogens is 2. The minimum Gasteiger partial charge on any atom is -0.488 e. The molecular weight excluding hydrogens is 857 g/mol. The molecule has 0 aliphatic rings. The zero-order valence-electron chi connectivity index (χ0n) is 35.5. The number of ether oxygens (including phenoxy) is 4. The number of nitrogens with zero attached hydrogens (tertiary/aromatic N) is 4. The summed E-state index contributed by atoms with van der Waals surface area (Å²) >= 11 is 13.2. The zero-order chi connectivity index (χ0) is 46.3. The lowest BCUT2D eigenvalue weighted by molar-refractivity contribution is -0.142. The number of benzene rings is 4. The number of rotatable bonds is 17. The number of aliphatic carboxylic acids is 1. The molecule has 0 radical (unpaired) electrons. The van der Waals surface area contributed by atoms with E-state index in [2.05, 4.69) is 41.2 Å². The van der Waals surface area contributed by atoms with Crippen molar-refractivity contribution in [1.29, 1.82) is 10.5 Å². The highest BCUT2D eigenvalue weighted by Gasteiger charge is 2.18. The van der Waals surface area contributed by atoms with Crippen LogP contribution in [0.1, 0.15) is 74.3 Å². The molecule has 0 saturated carbocycles. The average molecular weight is 903 g/mol. The zero-order valence-corrected chi connectivity index (χ0v) is 37.0. The Morgan fingerprint density at radius 1 is 0.688 bits per heavy atom. The Hall–Kier alpha value is -7.00. The Morgan fingerprint density at radius 2 is 1.16 bits per heavy atom. The van der Waals surface area contributed by atoms with Gasteiger partial charge < -0.3 is 34.9 Å². The van der Waals surface area contributed by atoms with Gasteiger partial charge in [-0.25, -0.2) is 0 Å². The summed E-state index contributed by atoms with van der Waals surface area (Å²) in [6.45, 7) is 7.65. The van der Waals surface area contributed by atoms with Crippen molar-refractivity contribution in [3.05, 3.63) is 163 Å². The maximum absolute atomic E-state index is 12.5. The number of halogens is 2. The number of carbonyl (C=O) groups excluding carboxylic acids is 1. The van der Waals surface area contributed by atoms with E-state index in [0.717, 1.165) is 44.5 Å². The third kappa shape index (κ3) is 12.6. The SMILES string of the molecule is CC(=O)c1cc(Cl)c(OCc2cccc(-c3cccc(COc4cc(OCc5cncc(C#N)c5)c(CN)cc4Cl)c3C)c2C)cc1OCc1cncc(C#N)c1.CC(CO)C(=O)O. The van der Waals surface area contributed by atoms with Crippen LogP contribution in [0, 0.1) is 42.4 Å². The van der Waals surface area contributed by atoms with E-state index in [1.807, 2.05) is 31.2 Å². The molecule has 0 aliphatic carbocycles. The molecular formula is C49H45Cl2N5O8. The predicted molar refractivity (Wildman–Crippen MR) is 241 cm³/mol. The second kappa shape index (κ2) is 22.9. The van der Waals surface area contributed by atoms with Gasteiger partial charge >= 0.3 is 5.97 Å². The molecule has 13 nitrogen and oxygen atoms in total. The number of nitrogens with two attached hydrogens (primary N) is 1. The van der Waals surface area contributed by atoms with Gasteiger partial charge in [-0.3, -0.25) is 19.6 Å². The van der Waals surface area contributed by atoms with E-state index < -0.39 is 11.9 Å². The van der Waals surface area contributed by atoms with Crippen LogP contribution in [0.5, 0.6) is 23.0 Å². The molecule has 64 heavy (non-hydrogen) atoms. The van der Waals surface area contributed by atoms with Crippen LogP contribution in [0.2, 0.25) is 10.0 Å². The molecule has 0 spiro atoms. The molecule has 2 aromatic heterocycles. The summed E-state index contributed by atoms with van der Waals surface area (Å²) in [5.41, 5.74) is 15.3. The molecule has 6 rings (SSSR count). The molecule has 1 unspecified atom stereocenters. The number of carboxylic acid groups (broad SMARTS) is 1. The molecule has 4 N–H and O–H groups in total. The van der Waals surface area contributed by atoms with E-state index in [4.69, 9.17) is 58.1 Å². The first-order valence-corrected chi connectivity index (χ1v) is 20.6. The Labute approximate surface area is 381 Å². The van der Waals surface area contributed by atoms with E-state index in [1.165, 1.54) is 26.2 Å². The van der Waals surface area contributed by atoms with Gasteiger partial charge in [0.1, 0.15) is 61.6 Å². The van der Waals surface area contributed by atoms with E-state index in [0.29, 0.717) is 50.3 Å². The second-order valence-corrected chi connectivity index (χ2v) is 15.4. The number of pyridine rings is 2. The van der Waals surface area contributed by atoms with Gasteiger partial charge in [-0.15, -0.1) is 0 Å². The van der Waals surface area contributed by atoms with Gasteiger partial charge in [-0.2, -0.15) is 10.5 Å². The van der Waals surface area contributed by atoms with Crippen molar-refractivity contribution in [2.24, 2.45) is 11.7 Å². The van der Waals surface area contributed by atoms with Gasteiger partial charge in [0.15, 0.2) is 5.78 Å². The molecule has 0 fully saturated rings. The van der Waals surface area contributed by atoms with Crippen LogP contribution in [-0.2, 0) is 37.8 Å². The Kier molecular flexibility index (Phi) is 17.2. The van der Waals surface area contributed by atoms with Crippen LogP contribution in [0.3, 0.4) is 0 Å². The lowest BCUT2D eigenvalue weighted by atomic mass is 9.92. The fourth-order valence-corrected chi connectivity index (χ4v) is 6.71. The number of aliphatic hydroxyl groups is 1. The number of Topliss-reactive ketones (excluding diaryl/α,β-unsaturated/α-hetero) is 1. The Bertz CT molecular complexity index is 2730. The fourth-order valence-electron chi connectivity index (χ4n) is 6.25. The maximum atomic E-state index is 12.5. The van der Waals surface area contributed by atoms with E-state index in [-0.39, 0.29) is 50.4 Å². The Morgan fingerprint density at radius 3 is 1.59 bits per heavy atom. The van der Waals surface area contributed by atoms with Crippen molar-refractivity contribution in [1.82, 2.24) is 9.97 Å².